The van der Waals surface area contributed by atoms with Crippen LogP contribution in [0.25, 0.3) is 11.0 Å². The van der Waals surface area contributed by atoms with Crippen molar-refractivity contribution in [2.75, 3.05) is 19.0 Å². The lowest BCUT2D eigenvalue weighted by Gasteiger charge is -2.13. The Morgan fingerprint density at radius 2 is 1.96 bits per heavy atom. The molecular weight excluding hydrogens is 312 g/mol. The second kappa shape index (κ2) is 6.25. The van der Waals surface area contributed by atoms with Gasteiger partial charge >= 0.3 is 0 Å². The fourth-order valence-corrected chi connectivity index (χ4v) is 2.62. The van der Waals surface area contributed by atoms with E-state index in [1.54, 1.807) is 18.2 Å². The van der Waals surface area contributed by atoms with Gasteiger partial charge in [0.25, 0.3) is 5.91 Å². The summed E-state index contributed by atoms with van der Waals surface area (Å²) in [7, 11) is 3.84. The number of hydrogen-bond acceptors (Lipinski definition) is 7. The van der Waals surface area contributed by atoms with Crippen molar-refractivity contribution >= 4 is 34.5 Å². The normalized spacial score (nSPS) is 10.7. The SMILES string of the molecule is Cc1cc(N(C)C)nc(CNC(=O)c2ccc3nsnc3c2)n1. The van der Waals surface area contributed by atoms with Crippen molar-refractivity contribution in [2.24, 2.45) is 0 Å². The van der Waals surface area contributed by atoms with Gasteiger partial charge in [0.2, 0.25) is 0 Å². The molecule has 2 heterocycles. The zero-order valence-corrected chi connectivity index (χ0v) is 13.9. The molecule has 0 bridgehead atoms. The Kier molecular flexibility index (Phi) is 4.16. The minimum absolute atomic E-state index is 0.184. The van der Waals surface area contributed by atoms with Crippen molar-refractivity contribution in [2.45, 2.75) is 13.5 Å². The summed E-state index contributed by atoms with van der Waals surface area (Å²) >= 11 is 1.13. The summed E-state index contributed by atoms with van der Waals surface area (Å²) in [5.74, 6) is 1.21. The fourth-order valence-electron chi connectivity index (χ4n) is 2.11. The molecule has 0 spiro atoms. The van der Waals surface area contributed by atoms with E-state index in [-0.39, 0.29) is 12.5 Å². The van der Waals surface area contributed by atoms with Crippen molar-refractivity contribution in [3.05, 3.63) is 41.3 Å². The summed E-state index contributed by atoms with van der Waals surface area (Å²) in [5, 5.41) is 2.84. The third kappa shape index (κ3) is 3.42. The van der Waals surface area contributed by atoms with Gasteiger partial charge in [-0.1, -0.05) is 0 Å². The lowest BCUT2D eigenvalue weighted by Crippen LogP contribution is -2.24. The summed E-state index contributed by atoms with van der Waals surface area (Å²) in [6, 6.07) is 7.16. The van der Waals surface area contributed by atoms with E-state index in [4.69, 9.17) is 0 Å². The lowest BCUT2D eigenvalue weighted by atomic mass is 10.2. The molecule has 0 radical (unpaired) electrons. The molecule has 3 rings (SSSR count). The number of carbonyl (C=O) groups is 1. The van der Waals surface area contributed by atoms with Gasteiger partial charge in [-0.3, -0.25) is 4.79 Å². The quantitative estimate of drug-likeness (QED) is 0.786. The molecule has 0 atom stereocenters. The summed E-state index contributed by atoms with van der Waals surface area (Å²) in [6.45, 7) is 2.18. The lowest BCUT2D eigenvalue weighted by molar-refractivity contribution is 0.0950. The first kappa shape index (κ1) is 15.3. The molecular formula is C15H16N6OS. The van der Waals surface area contributed by atoms with Gasteiger partial charge in [-0.15, -0.1) is 0 Å². The number of aryl methyl sites for hydroxylation is 1. The Morgan fingerprint density at radius 1 is 1.17 bits per heavy atom. The van der Waals surface area contributed by atoms with Crippen LogP contribution in [0.1, 0.15) is 21.9 Å². The van der Waals surface area contributed by atoms with Gasteiger partial charge in [0.15, 0.2) is 0 Å². The standard InChI is InChI=1S/C15H16N6OS/c1-9-6-14(21(2)3)18-13(17-9)8-16-15(22)10-4-5-11-12(7-10)20-23-19-11/h4-7H,8H2,1-3H3,(H,16,22). The van der Waals surface area contributed by atoms with Crippen molar-refractivity contribution < 1.29 is 4.79 Å². The summed E-state index contributed by atoms with van der Waals surface area (Å²) < 4.78 is 8.27. The van der Waals surface area contributed by atoms with Crippen molar-refractivity contribution in [3.63, 3.8) is 0 Å². The van der Waals surface area contributed by atoms with Crippen LogP contribution in [0.5, 0.6) is 0 Å². The Bertz CT molecular complexity index is 860. The molecule has 118 valence electrons. The van der Waals surface area contributed by atoms with E-state index in [0.29, 0.717) is 11.4 Å². The van der Waals surface area contributed by atoms with Gasteiger partial charge in [-0.2, -0.15) is 8.75 Å². The van der Waals surface area contributed by atoms with Gasteiger partial charge in [0, 0.05) is 31.4 Å². The first-order valence-corrected chi connectivity index (χ1v) is 7.78. The topological polar surface area (TPSA) is 83.9 Å². The van der Waals surface area contributed by atoms with E-state index < -0.39 is 0 Å². The number of hydrogen-bond donors (Lipinski definition) is 1. The van der Waals surface area contributed by atoms with Crippen LogP contribution in [-0.4, -0.2) is 38.7 Å². The van der Waals surface area contributed by atoms with E-state index in [1.807, 2.05) is 32.0 Å². The van der Waals surface area contributed by atoms with Crippen LogP contribution in [0.4, 0.5) is 5.82 Å². The highest BCUT2D eigenvalue weighted by Gasteiger charge is 2.10. The van der Waals surface area contributed by atoms with Crippen LogP contribution < -0.4 is 10.2 Å². The number of nitrogens with one attached hydrogen (secondary N) is 1. The fraction of sp³-hybridized carbons (Fsp3) is 0.267. The molecule has 1 aromatic carbocycles. The van der Waals surface area contributed by atoms with Crippen LogP contribution >= 0.6 is 11.7 Å². The molecule has 0 fully saturated rings. The van der Waals surface area contributed by atoms with E-state index in [2.05, 4.69) is 24.0 Å². The number of nitrogens with zero attached hydrogens (tertiary/aromatic N) is 5. The number of rotatable bonds is 4. The van der Waals surface area contributed by atoms with Crippen molar-refractivity contribution in [3.8, 4) is 0 Å². The molecule has 8 heteroatoms. The number of benzene rings is 1. The molecule has 0 aliphatic rings. The number of carbonyl (C=O) groups excluding carboxylic acids is 1. The van der Waals surface area contributed by atoms with Crippen LogP contribution in [0.2, 0.25) is 0 Å². The van der Waals surface area contributed by atoms with E-state index >= 15 is 0 Å². The second-order valence-corrected chi connectivity index (χ2v) is 5.86. The van der Waals surface area contributed by atoms with Gasteiger partial charge in [-0.25, -0.2) is 9.97 Å². The molecule has 0 unspecified atom stereocenters. The largest absolute Gasteiger partial charge is 0.363 e. The monoisotopic (exact) mass is 328 g/mol. The average Bonchev–Trinajstić information content (AvgIpc) is 2.99. The number of fused-ring (bicyclic) bond motifs is 1. The maximum absolute atomic E-state index is 12.3. The Labute approximate surface area is 137 Å². The Balaban J connectivity index is 1.73. The molecule has 0 aliphatic carbocycles. The van der Waals surface area contributed by atoms with Gasteiger partial charge in [0.05, 0.1) is 18.3 Å². The van der Waals surface area contributed by atoms with E-state index in [0.717, 1.165) is 34.3 Å². The third-order valence-corrected chi connectivity index (χ3v) is 3.82. The molecule has 1 amide bonds. The predicted molar refractivity (Wildman–Crippen MR) is 89.7 cm³/mol. The van der Waals surface area contributed by atoms with Crippen LogP contribution in [0, 0.1) is 6.92 Å². The highest BCUT2D eigenvalue weighted by atomic mass is 32.1. The van der Waals surface area contributed by atoms with Crippen LogP contribution in [0.15, 0.2) is 24.3 Å². The zero-order valence-electron chi connectivity index (χ0n) is 13.1. The first-order chi connectivity index (χ1) is 11.0. The molecule has 0 saturated carbocycles. The summed E-state index contributed by atoms with van der Waals surface area (Å²) in [5.41, 5.74) is 2.93. The molecule has 1 N–H and O–H groups in total. The van der Waals surface area contributed by atoms with Gasteiger partial charge in [-0.05, 0) is 25.1 Å². The maximum atomic E-state index is 12.3. The predicted octanol–water partition coefficient (Wildman–Crippen LogP) is 1.79. The van der Waals surface area contributed by atoms with Crippen LogP contribution in [0.3, 0.4) is 0 Å². The number of aromatic nitrogens is 4. The molecule has 0 aliphatic heterocycles. The Hall–Kier alpha value is -2.61. The number of amides is 1. The molecule has 0 saturated heterocycles. The zero-order chi connectivity index (χ0) is 16.4. The third-order valence-electron chi connectivity index (χ3n) is 3.27. The number of anilines is 1. The van der Waals surface area contributed by atoms with E-state index in [9.17, 15) is 4.79 Å². The van der Waals surface area contributed by atoms with Crippen LogP contribution in [-0.2, 0) is 6.54 Å². The molecule has 23 heavy (non-hydrogen) atoms. The minimum Gasteiger partial charge on any atom is -0.363 e. The average molecular weight is 328 g/mol. The van der Waals surface area contributed by atoms with Gasteiger partial charge in [0.1, 0.15) is 22.7 Å². The van der Waals surface area contributed by atoms with Crippen molar-refractivity contribution in [1.29, 1.82) is 0 Å². The highest BCUT2D eigenvalue weighted by molar-refractivity contribution is 7.00. The summed E-state index contributed by atoms with van der Waals surface area (Å²) in [6.07, 6.45) is 0. The molecule has 3 aromatic rings. The first-order valence-electron chi connectivity index (χ1n) is 7.05. The highest BCUT2D eigenvalue weighted by Crippen LogP contribution is 2.14. The van der Waals surface area contributed by atoms with Gasteiger partial charge < -0.3 is 10.2 Å². The maximum Gasteiger partial charge on any atom is 0.251 e. The molecule has 7 nitrogen and oxygen atoms in total. The minimum atomic E-state index is -0.184. The second-order valence-electron chi connectivity index (χ2n) is 5.33. The smallest absolute Gasteiger partial charge is 0.251 e. The van der Waals surface area contributed by atoms with Crippen molar-refractivity contribution in [1.82, 2.24) is 24.0 Å². The van der Waals surface area contributed by atoms with E-state index in [1.165, 1.54) is 0 Å². The Morgan fingerprint density at radius 3 is 2.74 bits per heavy atom. The summed E-state index contributed by atoms with van der Waals surface area (Å²) in [4.78, 5) is 22.9. The molecule has 2 aromatic heterocycles.